The van der Waals surface area contributed by atoms with Crippen LogP contribution in [0.15, 0.2) is 0 Å². The number of hydrogen-bond donors (Lipinski definition) is 0. The Morgan fingerprint density at radius 1 is 0.343 bits per heavy atom. The van der Waals surface area contributed by atoms with Gasteiger partial charge in [0.15, 0.2) is 0 Å². The van der Waals surface area contributed by atoms with E-state index in [0.29, 0.717) is 0 Å². The van der Waals surface area contributed by atoms with E-state index < -0.39 is 7.38 Å². The summed E-state index contributed by atoms with van der Waals surface area (Å²) >= 11 is 8.89. The van der Waals surface area contributed by atoms with E-state index in [2.05, 4.69) is 35.7 Å². The van der Waals surface area contributed by atoms with Gasteiger partial charge in [0.25, 0.3) is 0 Å². The molecule has 0 aromatic rings. The molecule has 0 bridgehead atoms. The summed E-state index contributed by atoms with van der Waals surface area (Å²) in [7, 11) is -1.31. The highest BCUT2D eigenvalue weighted by molar-refractivity contribution is 14.1. The van der Waals surface area contributed by atoms with E-state index in [-0.39, 0.29) is 0 Å². The minimum atomic E-state index is -1.31. The number of rotatable bonds is 30. The monoisotopic (exact) mass is 640 g/mol. The highest BCUT2D eigenvalue weighted by Crippen LogP contribution is 2.20. The largest absolute Gasteiger partial charge is 0.168 e. The smallest absolute Gasteiger partial charge is 0.150 e. The molecule has 212 valence electrons. The molecule has 0 atom stereocenters. The fourth-order valence-electron chi connectivity index (χ4n) is 5.24. The van der Waals surface area contributed by atoms with Crippen LogP contribution < -0.4 is 0 Å². The van der Waals surface area contributed by atoms with Crippen LogP contribution in [0.3, 0.4) is 0 Å². The molecular formula is C32H66ClISi. The number of halogens is 2. The van der Waals surface area contributed by atoms with Gasteiger partial charge in [-0.2, -0.15) is 11.1 Å². The third kappa shape index (κ3) is 35.2. The molecule has 0 fully saturated rings. The van der Waals surface area contributed by atoms with Crippen molar-refractivity contribution < 1.29 is 0 Å². The molecule has 0 aromatic heterocycles. The van der Waals surface area contributed by atoms with Gasteiger partial charge in [-0.05, 0) is 16.9 Å². The van der Waals surface area contributed by atoms with Gasteiger partial charge in [0.1, 0.15) is 7.38 Å². The molecule has 0 aromatic carbocycles. The summed E-state index contributed by atoms with van der Waals surface area (Å²) in [6.45, 7) is 4.55. The molecule has 0 heterocycles. The van der Waals surface area contributed by atoms with Crippen LogP contribution in [0.2, 0.25) is 19.1 Å². The van der Waals surface area contributed by atoms with Crippen molar-refractivity contribution in [1.29, 1.82) is 0 Å². The maximum Gasteiger partial charge on any atom is 0.150 e. The first-order chi connectivity index (χ1) is 17.1. The maximum atomic E-state index is 6.39. The minimum absolute atomic E-state index is 1.30. The summed E-state index contributed by atoms with van der Waals surface area (Å²) in [5.41, 5.74) is 0. The molecule has 0 radical (unpaired) electrons. The summed E-state index contributed by atoms with van der Waals surface area (Å²) in [4.78, 5) is 0. The molecule has 0 nitrogen and oxygen atoms in total. The van der Waals surface area contributed by atoms with Crippen molar-refractivity contribution in [1.82, 2.24) is 0 Å². The Hall–Kier alpha value is 1.24. The predicted molar refractivity (Wildman–Crippen MR) is 176 cm³/mol. The molecule has 0 spiro atoms. The average Bonchev–Trinajstić information content (AvgIpc) is 2.82. The standard InChI is InChI=1S/C32H66ClISi/c1-35(2,33)32-30-28-26-24-22-20-18-16-14-12-10-8-6-4-3-5-7-9-11-13-15-17-19-21-23-25-27-29-31-34/h3-32H2,1-2H3. The van der Waals surface area contributed by atoms with Crippen LogP contribution in [0.1, 0.15) is 180 Å². The molecule has 0 saturated heterocycles. The summed E-state index contributed by atoms with van der Waals surface area (Å²) in [6, 6.07) is 1.30. The van der Waals surface area contributed by atoms with Crippen molar-refractivity contribution in [2.75, 3.05) is 4.43 Å². The van der Waals surface area contributed by atoms with Crippen LogP contribution in [-0.4, -0.2) is 11.8 Å². The number of alkyl halides is 1. The molecule has 0 unspecified atom stereocenters. The molecule has 0 amide bonds. The van der Waals surface area contributed by atoms with Crippen LogP contribution in [-0.2, 0) is 0 Å². The van der Waals surface area contributed by atoms with Crippen LogP contribution in [0, 0.1) is 0 Å². The van der Waals surface area contributed by atoms with Crippen molar-refractivity contribution >= 4 is 41.1 Å². The Bertz CT molecular complexity index is 382. The molecule has 35 heavy (non-hydrogen) atoms. The third-order valence-electron chi connectivity index (χ3n) is 7.65. The SMILES string of the molecule is C[Si](C)(Cl)CCCCCCCCCCCCCCCCCCCCCCCCCCCCCCI. The summed E-state index contributed by atoms with van der Waals surface area (Å²) in [6.07, 6.45) is 41.2. The third-order valence-corrected chi connectivity index (χ3v) is 10.5. The summed E-state index contributed by atoms with van der Waals surface area (Å²) < 4.78 is 1.34. The van der Waals surface area contributed by atoms with Crippen molar-refractivity contribution in [2.24, 2.45) is 0 Å². The average molecular weight is 641 g/mol. The molecule has 0 saturated carbocycles. The van der Waals surface area contributed by atoms with E-state index in [0.717, 1.165) is 0 Å². The highest BCUT2D eigenvalue weighted by Gasteiger charge is 2.15. The van der Waals surface area contributed by atoms with Crippen LogP contribution >= 0.6 is 33.7 Å². The Morgan fingerprint density at radius 3 is 0.686 bits per heavy atom. The first-order valence-corrected chi connectivity index (χ1v) is 22.1. The molecule has 0 aliphatic rings. The lowest BCUT2D eigenvalue weighted by Gasteiger charge is -2.11. The van der Waals surface area contributed by atoms with Gasteiger partial charge >= 0.3 is 0 Å². The fourth-order valence-corrected chi connectivity index (χ4v) is 7.27. The Morgan fingerprint density at radius 2 is 0.514 bits per heavy atom. The van der Waals surface area contributed by atoms with Gasteiger partial charge < -0.3 is 0 Å². The van der Waals surface area contributed by atoms with Gasteiger partial charge in [-0.3, -0.25) is 0 Å². The topological polar surface area (TPSA) is 0 Å². The molecule has 0 N–H and O–H groups in total. The van der Waals surface area contributed by atoms with Gasteiger partial charge in [0.2, 0.25) is 0 Å². The number of unbranched alkanes of at least 4 members (excludes halogenated alkanes) is 27. The van der Waals surface area contributed by atoms with Crippen LogP contribution in [0.25, 0.3) is 0 Å². The zero-order valence-corrected chi connectivity index (χ0v) is 28.4. The zero-order valence-electron chi connectivity index (χ0n) is 24.5. The van der Waals surface area contributed by atoms with Gasteiger partial charge in [0.05, 0.1) is 0 Å². The fraction of sp³-hybridized carbons (Fsp3) is 1.00. The molecule has 0 aliphatic heterocycles. The lowest BCUT2D eigenvalue weighted by atomic mass is 10.0. The second kappa shape index (κ2) is 29.8. The van der Waals surface area contributed by atoms with Crippen molar-refractivity contribution in [3.05, 3.63) is 0 Å². The highest BCUT2D eigenvalue weighted by atomic mass is 127. The Labute approximate surface area is 243 Å². The van der Waals surface area contributed by atoms with Gasteiger partial charge in [-0.1, -0.05) is 209 Å². The number of hydrogen-bond acceptors (Lipinski definition) is 0. The lowest BCUT2D eigenvalue weighted by molar-refractivity contribution is 0.514. The second-order valence-electron chi connectivity index (χ2n) is 12.1. The minimum Gasteiger partial charge on any atom is -0.168 e. The van der Waals surface area contributed by atoms with Crippen LogP contribution in [0.5, 0.6) is 0 Å². The molecular weight excluding hydrogens is 575 g/mol. The normalized spacial score (nSPS) is 12.0. The van der Waals surface area contributed by atoms with E-state index >= 15 is 0 Å². The van der Waals surface area contributed by atoms with Crippen molar-refractivity contribution in [2.45, 2.75) is 199 Å². The first kappa shape index (κ1) is 36.2. The van der Waals surface area contributed by atoms with Crippen molar-refractivity contribution in [3.63, 3.8) is 0 Å². The zero-order chi connectivity index (χ0) is 25.7. The van der Waals surface area contributed by atoms with E-state index in [9.17, 15) is 0 Å². The van der Waals surface area contributed by atoms with Gasteiger partial charge in [-0.25, -0.2) is 0 Å². The summed E-state index contributed by atoms with van der Waals surface area (Å²) in [5, 5.41) is 0. The Kier molecular flexibility index (Phi) is 30.8. The van der Waals surface area contributed by atoms with Crippen LogP contribution in [0.4, 0.5) is 0 Å². The van der Waals surface area contributed by atoms with E-state index in [1.165, 1.54) is 190 Å². The first-order valence-electron chi connectivity index (χ1n) is 16.3. The van der Waals surface area contributed by atoms with Crippen molar-refractivity contribution in [3.8, 4) is 0 Å². The molecule has 0 aliphatic carbocycles. The molecule has 3 heteroatoms. The summed E-state index contributed by atoms with van der Waals surface area (Å²) in [5.74, 6) is 0. The lowest BCUT2D eigenvalue weighted by Crippen LogP contribution is -2.14. The predicted octanol–water partition coefficient (Wildman–Crippen LogP) is 13.8. The maximum absolute atomic E-state index is 6.39. The van der Waals surface area contributed by atoms with Gasteiger partial charge in [0, 0.05) is 0 Å². The van der Waals surface area contributed by atoms with Gasteiger partial charge in [-0.15, -0.1) is 0 Å². The van der Waals surface area contributed by atoms with E-state index in [1.54, 1.807) is 0 Å². The Balaban J connectivity index is 3.03. The second-order valence-corrected chi connectivity index (χ2v) is 20.1. The van der Waals surface area contributed by atoms with E-state index in [4.69, 9.17) is 11.1 Å². The van der Waals surface area contributed by atoms with E-state index in [1.807, 2.05) is 0 Å². The molecule has 0 rings (SSSR count). The quantitative estimate of drug-likeness (QED) is 0.0241.